The van der Waals surface area contributed by atoms with Gasteiger partial charge in [-0.1, -0.05) is 0 Å². The van der Waals surface area contributed by atoms with Crippen molar-refractivity contribution in [3.63, 3.8) is 0 Å². The molecule has 3 nitrogen and oxygen atoms in total. The molecule has 0 unspecified atom stereocenters. The molecule has 1 aromatic rings. The Balaban J connectivity index is 2.21. The molecule has 10 heavy (non-hydrogen) atoms. The fraction of sp³-hybridized carbons (Fsp3) is 0.286. The van der Waals surface area contributed by atoms with E-state index in [0.29, 0.717) is 13.1 Å². The monoisotopic (exact) mass is 139 g/mol. The molecule has 0 spiro atoms. The van der Waals surface area contributed by atoms with Gasteiger partial charge < -0.3 is 9.72 Å². The largest absolute Gasteiger partial charge is 0.467 e. The minimum Gasteiger partial charge on any atom is -0.467 e. The maximum atomic E-state index is 9.70. The maximum absolute atomic E-state index is 9.70. The summed E-state index contributed by atoms with van der Waals surface area (Å²) in [6.07, 6.45) is 2.60. The molecular formula is C7H9NO2. The number of hydrogen-bond acceptors (Lipinski definition) is 2. The van der Waals surface area contributed by atoms with E-state index in [-0.39, 0.29) is 0 Å². The Bertz CT molecular complexity index is 181. The van der Waals surface area contributed by atoms with Crippen LogP contribution in [0.3, 0.4) is 0 Å². The first-order valence-corrected chi connectivity index (χ1v) is 3.11. The van der Waals surface area contributed by atoms with Crippen LogP contribution in [0.2, 0.25) is 0 Å². The maximum Gasteiger partial charge on any atom is 0.293 e. The van der Waals surface area contributed by atoms with Crippen molar-refractivity contribution in [1.82, 2.24) is 4.98 Å². The number of carbonyl (C=O) groups excluding carboxylic acids is 1. The highest BCUT2D eigenvalue weighted by atomic mass is 16.5. The van der Waals surface area contributed by atoms with Gasteiger partial charge in [-0.15, -0.1) is 0 Å². The standard InChI is InChI=1S/C7H9NO2/c9-6-10-5-3-7-2-1-4-8-7/h1-2,4,6,8H,3,5H2. The fourth-order valence-electron chi connectivity index (χ4n) is 0.740. The van der Waals surface area contributed by atoms with E-state index in [2.05, 4.69) is 9.72 Å². The van der Waals surface area contributed by atoms with Crippen molar-refractivity contribution in [3.8, 4) is 0 Å². The van der Waals surface area contributed by atoms with Gasteiger partial charge in [0.05, 0.1) is 6.61 Å². The van der Waals surface area contributed by atoms with E-state index in [1.807, 2.05) is 18.3 Å². The van der Waals surface area contributed by atoms with Crippen molar-refractivity contribution in [2.24, 2.45) is 0 Å². The molecule has 1 heterocycles. The van der Waals surface area contributed by atoms with Gasteiger partial charge in [-0.05, 0) is 12.1 Å². The molecule has 0 aliphatic carbocycles. The van der Waals surface area contributed by atoms with Crippen LogP contribution in [-0.4, -0.2) is 18.1 Å². The van der Waals surface area contributed by atoms with Crippen LogP contribution in [0.25, 0.3) is 0 Å². The lowest BCUT2D eigenvalue weighted by Crippen LogP contribution is -1.96. The quantitative estimate of drug-likeness (QED) is 0.493. The second-order valence-corrected chi connectivity index (χ2v) is 1.91. The molecule has 3 heteroatoms. The van der Waals surface area contributed by atoms with Crippen LogP contribution in [0.5, 0.6) is 0 Å². The first-order valence-electron chi connectivity index (χ1n) is 3.11. The Hall–Kier alpha value is -1.25. The molecule has 0 amide bonds. The summed E-state index contributed by atoms with van der Waals surface area (Å²) in [5.41, 5.74) is 1.09. The zero-order valence-corrected chi connectivity index (χ0v) is 5.54. The molecule has 1 rings (SSSR count). The lowest BCUT2D eigenvalue weighted by atomic mass is 10.3. The summed E-state index contributed by atoms with van der Waals surface area (Å²) in [5, 5.41) is 0. The molecule has 0 saturated heterocycles. The third-order valence-corrected chi connectivity index (χ3v) is 1.22. The lowest BCUT2D eigenvalue weighted by Gasteiger charge is -1.94. The number of nitrogens with one attached hydrogen (secondary N) is 1. The normalized spacial score (nSPS) is 9.20. The van der Waals surface area contributed by atoms with Crippen LogP contribution in [0, 0.1) is 0 Å². The third kappa shape index (κ3) is 1.93. The van der Waals surface area contributed by atoms with Gasteiger partial charge in [0.2, 0.25) is 0 Å². The number of rotatable bonds is 4. The van der Waals surface area contributed by atoms with E-state index < -0.39 is 0 Å². The number of aromatic nitrogens is 1. The summed E-state index contributed by atoms with van der Waals surface area (Å²) in [5.74, 6) is 0. The summed E-state index contributed by atoms with van der Waals surface area (Å²) in [6, 6.07) is 3.87. The van der Waals surface area contributed by atoms with Crippen LogP contribution in [-0.2, 0) is 16.0 Å². The minimum absolute atomic E-state index is 0.448. The lowest BCUT2D eigenvalue weighted by molar-refractivity contribution is -0.128. The Kier molecular flexibility index (Phi) is 2.55. The number of ether oxygens (including phenoxy) is 1. The molecule has 0 radical (unpaired) electrons. The van der Waals surface area contributed by atoms with E-state index in [1.165, 1.54) is 0 Å². The molecule has 0 saturated carbocycles. The average molecular weight is 139 g/mol. The van der Waals surface area contributed by atoms with Gasteiger partial charge in [0.1, 0.15) is 0 Å². The molecule has 0 aliphatic heterocycles. The Morgan fingerprint density at radius 3 is 3.20 bits per heavy atom. The highest BCUT2D eigenvalue weighted by Crippen LogP contribution is 1.94. The average Bonchev–Trinajstić information content (AvgIpc) is 2.41. The topological polar surface area (TPSA) is 42.1 Å². The zero-order valence-electron chi connectivity index (χ0n) is 5.54. The van der Waals surface area contributed by atoms with Crippen LogP contribution in [0.4, 0.5) is 0 Å². The number of carbonyl (C=O) groups is 1. The van der Waals surface area contributed by atoms with E-state index >= 15 is 0 Å². The molecular weight excluding hydrogens is 130 g/mol. The molecule has 0 atom stereocenters. The van der Waals surface area contributed by atoms with Gasteiger partial charge in [-0.25, -0.2) is 0 Å². The van der Waals surface area contributed by atoms with Gasteiger partial charge in [-0.3, -0.25) is 4.79 Å². The second-order valence-electron chi connectivity index (χ2n) is 1.91. The van der Waals surface area contributed by atoms with Gasteiger partial charge in [0.25, 0.3) is 6.47 Å². The molecule has 1 N–H and O–H groups in total. The highest BCUT2D eigenvalue weighted by Gasteiger charge is 1.90. The summed E-state index contributed by atoms with van der Waals surface area (Å²) >= 11 is 0. The van der Waals surface area contributed by atoms with Crippen LogP contribution in [0.1, 0.15) is 5.69 Å². The predicted molar refractivity (Wildman–Crippen MR) is 36.5 cm³/mol. The van der Waals surface area contributed by atoms with Gasteiger partial charge >= 0.3 is 0 Å². The number of H-pyrrole nitrogens is 1. The SMILES string of the molecule is O=COCCc1ccc[nH]1. The Morgan fingerprint density at radius 1 is 1.70 bits per heavy atom. The minimum atomic E-state index is 0.448. The van der Waals surface area contributed by atoms with Crippen LogP contribution in [0.15, 0.2) is 18.3 Å². The smallest absolute Gasteiger partial charge is 0.293 e. The zero-order chi connectivity index (χ0) is 7.23. The van der Waals surface area contributed by atoms with Crippen molar-refractivity contribution in [2.75, 3.05) is 6.61 Å². The van der Waals surface area contributed by atoms with Gasteiger partial charge in [0.15, 0.2) is 0 Å². The van der Waals surface area contributed by atoms with E-state index in [0.717, 1.165) is 12.1 Å². The molecule has 54 valence electrons. The second kappa shape index (κ2) is 3.71. The molecule has 1 aromatic heterocycles. The summed E-state index contributed by atoms with van der Waals surface area (Å²) in [4.78, 5) is 12.7. The number of aromatic amines is 1. The molecule has 0 bridgehead atoms. The van der Waals surface area contributed by atoms with E-state index in [4.69, 9.17) is 0 Å². The van der Waals surface area contributed by atoms with Crippen molar-refractivity contribution >= 4 is 6.47 Å². The first-order chi connectivity index (χ1) is 4.93. The molecule has 0 aliphatic rings. The van der Waals surface area contributed by atoms with Crippen molar-refractivity contribution < 1.29 is 9.53 Å². The van der Waals surface area contributed by atoms with E-state index in [9.17, 15) is 4.79 Å². The predicted octanol–water partition coefficient (Wildman–Crippen LogP) is 0.730. The van der Waals surface area contributed by atoms with Crippen LogP contribution < -0.4 is 0 Å². The fourth-order valence-corrected chi connectivity index (χ4v) is 0.740. The summed E-state index contributed by atoms with van der Waals surface area (Å²) < 4.78 is 4.51. The van der Waals surface area contributed by atoms with Crippen molar-refractivity contribution in [3.05, 3.63) is 24.0 Å². The third-order valence-electron chi connectivity index (χ3n) is 1.22. The molecule has 0 aromatic carbocycles. The Morgan fingerprint density at radius 2 is 2.60 bits per heavy atom. The number of hydrogen-bond donors (Lipinski definition) is 1. The first kappa shape index (κ1) is 6.86. The molecule has 0 fully saturated rings. The van der Waals surface area contributed by atoms with Crippen molar-refractivity contribution in [2.45, 2.75) is 6.42 Å². The van der Waals surface area contributed by atoms with Crippen LogP contribution >= 0.6 is 0 Å². The summed E-state index contributed by atoms with van der Waals surface area (Å²) in [6.45, 7) is 0.910. The van der Waals surface area contributed by atoms with Gasteiger partial charge in [0, 0.05) is 18.3 Å². The Labute approximate surface area is 59.0 Å². The highest BCUT2D eigenvalue weighted by molar-refractivity contribution is 5.36. The van der Waals surface area contributed by atoms with Gasteiger partial charge in [-0.2, -0.15) is 0 Å². The summed E-state index contributed by atoms with van der Waals surface area (Å²) in [7, 11) is 0. The van der Waals surface area contributed by atoms with Crippen molar-refractivity contribution in [1.29, 1.82) is 0 Å². The van der Waals surface area contributed by atoms with E-state index in [1.54, 1.807) is 0 Å².